The summed E-state index contributed by atoms with van der Waals surface area (Å²) in [4.78, 5) is 0. The van der Waals surface area contributed by atoms with E-state index >= 15 is 0 Å². The van der Waals surface area contributed by atoms with Crippen LogP contribution in [0.25, 0.3) is 0 Å². The molecule has 0 aliphatic heterocycles. The van der Waals surface area contributed by atoms with Crippen LogP contribution in [0.4, 0.5) is 0 Å². The maximum absolute atomic E-state index is 3.72. The van der Waals surface area contributed by atoms with Crippen molar-refractivity contribution in [2.24, 2.45) is 0 Å². The molecule has 0 amide bonds. The first-order valence-electron chi connectivity index (χ1n) is 3.19. The van der Waals surface area contributed by atoms with Crippen molar-refractivity contribution in [3.63, 3.8) is 0 Å². The van der Waals surface area contributed by atoms with E-state index in [1.54, 1.807) is 0 Å². The molecule has 0 aromatic rings. The van der Waals surface area contributed by atoms with Gasteiger partial charge in [-0.25, -0.2) is 0 Å². The zero-order valence-corrected chi connectivity index (χ0v) is 5.56. The van der Waals surface area contributed by atoms with Crippen LogP contribution in [0, 0.1) is 13.3 Å². The lowest BCUT2D eigenvalue weighted by molar-refractivity contribution is 1.04. The van der Waals surface area contributed by atoms with E-state index < -0.39 is 0 Å². The SMILES string of the molecule is [CH2]CC/C=C/[CH]CC. The van der Waals surface area contributed by atoms with Crippen LogP contribution in [0.1, 0.15) is 26.2 Å². The Morgan fingerprint density at radius 3 is 2.75 bits per heavy atom. The Hall–Kier alpha value is -0.260. The van der Waals surface area contributed by atoms with Gasteiger partial charge in [-0.1, -0.05) is 26.0 Å². The number of unbranched alkanes of at least 4 members (excludes halogenated alkanes) is 2. The fourth-order valence-electron chi connectivity index (χ4n) is 0.446. The van der Waals surface area contributed by atoms with Crippen molar-refractivity contribution in [1.29, 1.82) is 0 Å². The highest BCUT2D eigenvalue weighted by Crippen LogP contribution is 1.91. The van der Waals surface area contributed by atoms with Crippen molar-refractivity contribution < 1.29 is 0 Å². The Labute approximate surface area is 52.6 Å². The van der Waals surface area contributed by atoms with Crippen LogP contribution in [-0.2, 0) is 0 Å². The zero-order chi connectivity index (χ0) is 6.24. The predicted molar refractivity (Wildman–Crippen MR) is 38.3 cm³/mol. The summed E-state index contributed by atoms with van der Waals surface area (Å²) in [6, 6.07) is 0. The van der Waals surface area contributed by atoms with Gasteiger partial charge in [0.2, 0.25) is 0 Å². The second-order valence-corrected chi connectivity index (χ2v) is 1.71. The first-order valence-corrected chi connectivity index (χ1v) is 3.19. The second kappa shape index (κ2) is 6.74. The molecule has 0 spiro atoms. The van der Waals surface area contributed by atoms with Gasteiger partial charge in [0.1, 0.15) is 0 Å². The van der Waals surface area contributed by atoms with E-state index in [0.717, 1.165) is 19.3 Å². The van der Waals surface area contributed by atoms with Crippen LogP contribution < -0.4 is 0 Å². The summed E-state index contributed by atoms with van der Waals surface area (Å²) in [5.41, 5.74) is 0. The van der Waals surface area contributed by atoms with Crippen molar-refractivity contribution in [2.75, 3.05) is 0 Å². The third-order valence-corrected chi connectivity index (χ3v) is 0.879. The quantitative estimate of drug-likeness (QED) is 0.522. The minimum Gasteiger partial charge on any atom is -0.0882 e. The average molecular weight is 110 g/mol. The molecule has 46 valence electrons. The first kappa shape index (κ1) is 7.74. The van der Waals surface area contributed by atoms with E-state index in [1.807, 2.05) is 0 Å². The van der Waals surface area contributed by atoms with Gasteiger partial charge in [-0.15, -0.1) is 0 Å². The largest absolute Gasteiger partial charge is 0.0882 e. The summed E-state index contributed by atoms with van der Waals surface area (Å²) < 4.78 is 0. The van der Waals surface area contributed by atoms with Gasteiger partial charge in [-0.05, 0) is 25.7 Å². The summed E-state index contributed by atoms with van der Waals surface area (Å²) in [6.07, 6.45) is 9.65. The monoisotopic (exact) mass is 110 g/mol. The Kier molecular flexibility index (Phi) is 6.52. The molecule has 0 aliphatic carbocycles. The Morgan fingerprint density at radius 1 is 1.50 bits per heavy atom. The van der Waals surface area contributed by atoms with Crippen LogP contribution in [0.15, 0.2) is 12.2 Å². The molecule has 0 saturated heterocycles. The number of allylic oxidation sites excluding steroid dienone is 2. The summed E-state index contributed by atoms with van der Waals surface area (Å²) in [5, 5.41) is 0. The van der Waals surface area contributed by atoms with Crippen LogP contribution in [0.3, 0.4) is 0 Å². The maximum Gasteiger partial charge on any atom is -0.0173 e. The molecule has 0 aromatic carbocycles. The topological polar surface area (TPSA) is 0 Å². The minimum absolute atomic E-state index is 1.01. The highest BCUT2D eigenvalue weighted by molar-refractivity contribution is 4.93. The molecule has 0 unspecified atom stereocenters. The standard InChI is InChI=1S/C8H14/c1-3-5-7-8-6-4-2/h6-8H,1,3-5H2,2H3/b8-7+. The highest BCUT2D eigenvalue weighted by Gasteiger charge is 1.72. The summed E-state index contributed by atoms with van der Waals surface area (Å²) >= 11 is 0. The summed E-state index contributed by atoms with van der Waals surface area (Å²) in [5.74, 6) is 0. The molecule has 0 fully saturated rings. The third-order valence-electron chi connectivity index (χ3n) is 0.879. The Bertz CT molecular complexity index is 45.1. The molecule has 0 heterocycles. The van der Waals surface area contributed by atoms with E-state index in [4.69, 9.17) is 0 Å². The molecule has 0 aromatic heterocycles. The van der Waals surface area contributed by atoms with Gasteiger partial charge in [0.15, 0.2) is 0 Å². The average Bonchev–Trinajstić information content (AvgIpc) is 1.81. The molecular weight excluding hydrogens is 96.1 g/mol. The molecule has 0 aliphatic rings. The second-order valence-electron chi connectivity index (χ2n) is 1.71. The van der Waals surface area contributed by atoms with Crippen LogP contribution in [0.2, 0.25) is 0 Å². The molecule has 0 saturated carbocycles. The van der Waals surface area contributed by atoms with Gasteiger partial charge in [-0.2, -0.15) is 0 Å². The van der Waals surface area contributed by atoms with Crippen molar-refractivity contribution in [2.45, 2.75) is 26.2 Å². The predicted octanol–water partition coefficient (Wildman–Crippen LogP) is 2.77. The molecule has 0 heteroatoms. The summed E-state index contributed by atoms with van der Waals surface area (Å²) in [6.45, 7) is 5.85. The van der Waals surface area contributed by atoms with E-state index in [-0.39, 0.29) is 0 Å². The summed E-state index contributed by atoms with van der Waals surface area (Å²) in [7, 11) is 0. The van der Waals surface area contributed by atoms with Gasteiger partial charge in [0.25, 0.3) is 0 Å². The molecule has 0 rings (SSSR count). The fourth-order valence-corrected chi connectivity index (χ4v) is 0.446. The van der Waals surface area contributed by atoms with E-state index in [9.17, 15) is 0 Å². The minimum atomic E-state index is 1.01. The third kappa shape index (κ3) is 5.74. The molecule has 0 bridgehead atoms. The van der Waals surface area contributed by atoms with Crippen molar-refractivity contribution in [1.82, 2.24) is 0 Å². The lowest BCUT2D eigenvalue weighted by Gasteiger charge is -1.82. The van der Waals surface area contributed by atoms with Crippen LogP contribution >= 0.6 is 0 Å². The number of hydrogen-bond acceptors (Lipinski definition) is 0. The smallest absolute Gasteiger partial charge is 0.0173 e. The molecular formula is C8H14. The maximum atomic E-state index is 3.72. The zero-order valence-electron chi connectivity index (χ0n) is 5.56. The number of rotatable bonds is 4. The Balaban J connectivity index is 2.83. The molecule has 8 heavy (non-hydrogen) atoms. The van der Waals surface area contributed by atoms with Crippen LogP contribution in [0.5, 0.6) is 0 Å². The van der Waals surface area contributed by atoms with Crippen molar-refractivity contribution >= 4 is 0 Å². The normalized spacial score (nSPS) is 10.8. The van der Waals surface area contributed by atoms with Gasteiger partial charge in [-0.3, -0.25) is 0 Å². The van der Waals surface area contributed by atoms with Gasteiger partial charge >= 0.3 is 0 Å². The van der Waals surface area contributed by atoms with E-state index in [1.165, 1.54) is 0 Å². The van der Waals surface area contributed by atoms with Gasteiger partial charge < -0.3 is 0 Å². The molecule has 0 nitrogen and oxygen atoms in total. The van der Waals surface area contributed by atoms with Crippen molar-refractivity contribution in [3.05, 3.63) is 25.5 Å². The van der Waals surface area contributed by atoms with Gasteiger partial charge in [0, 0.05) is 0 Å². The van der Waals surface area contributed by atoms with Crippen molar-refractivity contribution in [3.8, 4) is 0 Å². The van der Waals surface area contributed by atoms with Gasteiger partial charge in [0.05, 0.1) is 0 Å². The highest BCUT2D eigenvalue weighted by atomic mass is 13.8. The molecule has 2 radical (unpaired) electrons. The lowest BCUT2D eigenvalue weighted by atomic mass is 10.2. The van der Waals surface area contributed by atoms with E-state index in [2.05, 4.69) is 32.4 Å². The van der Waals surface area contributed by atoms with E-state index in [0.29, 0.717) is 0 Å². The molecule has 0 N–H and O–H groups in total. The van der Waals surface area contributed by atoms with Crippen LogP contribution in [-0.4, -0.2) is 0 Å². The number of hydrogen-bond donors (Lipinski definition) is 0. The first-order chi connectivity index (χ1) is 3.91. The molecule has 0 atom stereocenters. The Morgan fingerprint density at radius 2 is 2.25 bits per heavy atom. The lowest BCUT2D eigenvalue weighted by Crippen LogP contribution is -1.64. The fraction of sp³-hybridized carbons (Fsp3) is 0.500.